The fraction of sp³-hybridized carbons (Fsp3) is 0.462. The predicted octanol–water partition coefficient (Wildman–Crippen LogP) is 5.26. The number of allylic oxidation sites excluding steroid dienone is 3. The Morgan fingerprint density at radius 2 is 2.21 bits per heavy atom. The van der Waals surface area contributed by atoms with Gasteiger partial charge in [-0.15, -0.1) is 11.3 Å². The molecule has 2 aromatic rings. The first-order valence-electron chi connectivity index (χ1n) is 11.9. The van der Waals surface area contributed by atoms with Crippen LogP contribution in [0.3, 0.4) is 0 Å². The van der Waals surface area contributed by atoms with Crippen LogP contribution in [0.4, 0.5) is 0 Å². The average Bonchev–Trinajstić information content (AvgIpc) is 3.29. The van der Waals surface area contributed by atoms with Crippen molar-refractivity contribution in [1.82, 2.24) is 0 Å². The zero-order valence-electron chi connectivity index (χ0n) is 19.5. The molecule has 1 aromatic carbocycles. The first-order chi connectivity index (χ1) is 16.4. The van der Waals surface area contributed by atoms with Crippen molar-refractivity contribution in [2.45, 2.75) is 57.2 Å². The van der Waals surface area contributed by atoms with Crippen LogP contribution in [0.2, 0.25) is 5.02 Å². The first-order valence-corrected chi connectivity index (χ1v) is 12.4. The second kappa shape index (κ2) is 12.5. The lowest BCUT2D eigenvalue weighted by molar-refractivity contribution is -0.140. The lowest BCUT2D eigenvalue weighted by atomic mass is 9.91. The highest BCUT2D eigenvalue weighted by Gasteiger charge is 2.39. The fourth-order valence-corrected chi connectivity index (χ4v) is 5.71. The number of Topliss-reactive ketones (excluding diaryl/α,β-unsaturated/α-hetero) is 1. The first kappa shape index (κ1) is 24.1. The van der Waals surface area contributed by atoms with Crippen LogP contribution in [0, 0.1) is 11.8 Å². The zero-order chi connectivity index (χ0) is 24.5. The molecule has 0 radical (unpaired) electrons. The molecule has 2 N–H and O–H groups in total. The standard InChI is InChI=1S/C26H31ClO5S/c1-32-24(30)11-5-3-2-4-8-19-17(16-21(29)26(19)31)12-13-18(28)14-15-23-25(27)20-9-6-7-10-22(20)33-23/h2,4,6-7,9-10,12-13,17-19,21,28-29H,3,5,8,11,14-16H2,1H3/t17-,18?,19+,21?/m0/s1/i1D. The molecule has 0 bridgehead atoms. The molecule has 7 heteroatoms. The quantitative estimate of drug-likeness (QED) is 0.254. The van der Waals surface area contributed by atoms with Crippen molar-refractivity contribution in [3.63, 3.8) is 0 Å². The van der Waals surface area contributed by atoms with Crippen LogP contribution in [0.15, 0.2) is 48.6 Å². The number of thiophene rings is 1. The Labute approximate surface area is 205 Å². The molecular formula is C26H31ClO5S. The molecule has 0 aliphatic heterocycles. The largest absolute Gasteiger partial charge is 0.469 e. The molecule has 1 aliphatic carbocycles. The molecule has 1 saturated carbocycles. The Hall–Kier alpha value is -1.99. The third kappa shape index (κ3) is 7.00. The zero-order valence-corrected chi connectivity index (χ0v) is 20.1. The van der Waals surface area contributed by atoms with Crippen LogP contribution in [0.25, 0.3) is 10.1 Å². The summed E-state index contributed by atoms with van der Waals surface area (Å²) in [7, 11) is -0.358. The van der Waals surface area contributed by atoms with Crippen LogP contribution >= 0.6 is 22.9 Å². The summed E-state index contributed by atoms with van der Waals surface area (Å²) in [6.45, 7) is 0. The summed E-state index contributed by atoms with van der Waals surface area (Å²) in [5.74, 6) is -0.984. The number of unbranched alkanes of at least 4 members (excludes halogenated alkanes) is 1. The fourth-order valence-electron chi connectivity index (χ4n) is 4.17. The van der Waals surface area contributed by atoms with Gasteiger partial charge in [0.15, 0.2) is 5.78 Å². The lowest BCUT2D eigenvalue weighted by Gasteiger charge is -2.13. The number of methoxy groups -OCH3 is 1. The maximum Gasteiger partial charge on any atom is 0.305 e. The van der Waals surface area contributed by atoms with Crippen LogP contribution in [-0.2, 0) is 20.7 Å². The van der Waals surface area contributed by atoms with Gasteiger partial charge in [-0.25, -0.2) is 0 Å². The second-order valence-electron chi connectivity index (χ2n) is 8.37. The van der Waals surface area contributed by atoms with Gasteiger partial charge in [-0.05, 0) is 50.5 Å². The highest BCUT2D eigenvalue weighted by molar-refractivity contribution is 7.19. The molecule has 1 fully saturated rings. The van der Waals surface area contributed by atoms with Gasteiger partial charge >= 0.3 is 5.97 Å². The molecule has 178 valence electrons. The van der Waals surface area contributed by atoms with Crippen molar-refractivity contribution in [3.05, 3.63) is 58.5 Å². The molecule has 0 spiro atoms. The smallest absolute Gasteiger partial charge is 0.305 e. The summed E-state index contributed by atoms with van der Waals surface area (Å²) in [5, 5.41) is 22.3. The van der Waals surface area contributed by atoms with Crippen molar-refractivity contribution >= 4 is 44.8 Å². The highest BCUT2D eigenvalue weighted by atomic mass is 35.5. The number of fused-ring (bicyclic) bond motifs is 1. The van der Waals surface area contributed by atoms with E-state index in [-0.39, 0.29) is 37.1 Å². The Morgan fingerprint density at radius 3 is 3.00 bits per heavy atom. The minimum absolute atomic E-state index is 0.123. The van der Waals surface area contributed by atoms with Crippen molar-refractivity contribution in [1.29, 1.82) is 0 Å². The van der Waals surface area contributed by atoms with Gasteiger partial charge in [0.25, 0.3) is 0 Å². The van der Waals surface area contributed by atoms with E-state index in [9.17, 15) is 19.8 Å². The minimum atomic E-state index is -0.970. The number of rotatable bonds is 11. The van der Waals surface area contributed by atoms with Gasteiger partial charge in [-0.3, -0.25) is 9.59 Å². The molecule has 4 atom stereocenters. The maximum absolute atomic E-state index is 12.4. The number of carbonyl (C=O) groups excluding carboxylic acids is 2. The molecule has 1 aromatic heterocycles. The van der Waals surface area contributed by atoms with Gasteiger partial charge in [-0.2, -0.15) is 0 Å². The number of benzene rings is 1. The number of hydrogen-bond acceptors (Lipinski definition) is 6. The van der Waals surface area contributed by atoms with E-state index in [0.717, 1.165) is 20.0 Å². The number of carbonyl (C=O) groups is 2. The van der Waals surface area contributed by atoms with Crippen molar-refractivity contribution in [2.75, 3.05) is 7.09 Å². The molecule has 0 amide bonds. The topological polar surface area (TPSA) is 83.8 Å². The summed E-state index contributed by atoms with van der Waals surface area (Å²) < 4.78 is 12.6. The lowest BCUT2D eigenvalue weighted by Crippen LogP contribution is -2.19. The van der Waals surface area contributed by atoms with Crippen LogP contribution in [0.5, 0.6) is 0 Å². The number of aliphatic hydroxyl groups excluding tert-OH is 2. The van der Waals surface area contributed by atoms with Crippen LogP contribution in [-0.4, -0.2) is 41.3 Å². The molecule has 33 heavy (non-hydrogen) atoms. The van der Waals surface area contributed by atoms with Crippen molar-refractivity contribution in [2.24, 2.45) is 11.8 Å². The van der Waals surface area contributed by atoms with Gasteiger partial charge in [0.1, 0.15) is 6.10 Å². The van der Waals surface area contributed by atoms with E-state index in [4.69, 9.17) is 13.0 Å². The van der Waals surface area contributed by atoms with Crippen molar-refractivity contribution < 1.29 is 25.9 Å². The third-order valence-electron chi connectivity index (χ3n) is 6.02. The molecule has 3 rings (SSSR count). The monoisotopic (exact) mass is 491 g/mol. The highest BCUT2D eigenvalue weighted by Crippen LogP contribution is 2.36. The number of esters is 1. The Morgan fingerprint density at radius 1 is 1.39 bits per heavy atom. The van der Waals surface area contributed by atoms with E-state index in [1.165, 1.54) is 0 Å². The molecule has 1 aliphatic rings. The van der Waals surface area contributed by atoms with E-state index >= 15 is 0 Å². The second-order valence-corrected chi connectivity index (χ2v) is 9.88. The SMILES string of the molecule is [2H]COC(=O)CCCC=CC[C@H]1C(=O)C(O)C[C@@H]1C=CC(O)CCc1sc2ccccc2c1Cl. The molecule has 5 nitrogen and oxygen atoms in total. The van der Waals surface area contributed by atoms with E-state index in [1.54, 1.807) is 17.4 Å². The van der Waals surface area contributed by atoms with Gasteiger partial charge in [0.2, 0.25) is 0 Å². The minimum Gasteiger partial charge on any atom is -0.469 e. The number of aryl methyl sites for hydroxylation is 1. The third-order valence-corrected chi connectivity index (χ3v) is 7.80. The average molecular weight is 492 g/mol. The summed E-state index contributed by atoms with van der Waals surface area (Å²) in [5.41, 5.74) is 0. The molecule has 2 unspecified atom stereocenters. The van der Waals surface area contributed by atoms with Crippen LogP contribution in [0.1, 0.15) is 44.8 Å². The Bertz CT molecular complexity index is 1030. The van der Waals surface area contributed by atoms with Gasteiger partial charge in [0, 0.05) is 27.3 Å². The van der Waals surface area contributed by atoms with Gasteiger partial charge < -0.3 is 14.9 Å². The normalized spacial score (nSPS) is 22.5. The summed E-state index contributed by atoms with van der Waals surface area (Å²) in [6, 6.07) is 7.98. The van der Waals surface area contributed by atoms with Gasteiger partial charge in [-0.1, -0.05) is 54.1 Å². The summed E-state index contributed by atoms with van der Waals surface area (Å²) in [6.07, 6.45) is 9.43. The number of halogens is 1. The molecule has 0 saturated heterocycles. The van der Waals surface area contributed by atoms with E-state index in [1.807, 2.05) is 42.5 Å². The molecular weight excluding hydrogens is 460 g/mol. The molecule has 1 heterocycles. The number of aliphatic hydroxyl groups is 2. The maximum atomic E-state index is 12.4. The summed E-state index contributed by atoms with van der Waals surface area (Å²) in [4.78, 5) is 24.7. The number of ether oxygens (including phenoxy) is 1. The van der Waals surface area contributed by atoms with Gasteiger partial charge in [0.05, 0.1) is 19.6 Å². The van der Waals surface area contributed by atoms with E-state index < -0.39 is 12.2 Å². The van der Waals surface area contributed by atoms with E-state index in [0.29, 0.717) is 38.5 Å². The Balaban J connectivity index is 1.48. The van der Waals surface area contributed by atoms with E-state index in [2.05, 4.69) is 4.74 Å². The summed E-state index contributed by atoms with van der Waals surface area (Å²) >= 11 is 8.13. The Kier molecular flexibility index (Phi) is 9.12. The number of hydrogen-bond donors (Lipinski definition) is 2. The van der Waals surface area contributed by atoms with Crippen LogP contribution < -0.4 is 0 Å². The van der Waals surface area contributed by atoms with Crippen molar-refractivity contribution in [3.8, 4) is 0 Å². The number of ketones is 1. The predicted molar refractivity (Wildman–Crippen MR) is 133 cm³/mol.